The Hall–Kier alpha value is -1.80. The average Bonchev–Trinajstić information content (AvgIpc) is 3.38. The monoisotopic (exact) mass is 422 g/mol. The molecule has 0 saturated heterocycles. The number of rotatable bonds is 11. The van der Waals surface area contributed by atoms with Crippen LogP contribution < -0.4 is 4.74 Å². The van der Waals surface area contributed by atoms with Gasteiger partial charge in [0.15, 0.2) is 0 Å². The first-order valence-electron chi connectivity index (χ1n) is 10.6. The zero-order chi connectivity index (χ0) is 20.9. The van der Waals surface area contributed by atoms with E-state index in [9.17, 15) is 9.59 Å². The van der Waals surface area contributed by atoms with Crippen molar-refractivity contribution < 1.29 is 23.5 Å². The van der Waals surface area contributed by atoms with E-state index in [0.717, 1.165) is 37.1 Å². The fourth-order valence-electron chi connectivity index (χ4n) is 3.79. The number of Topliss-reactive ketones (excluding diaryl/α,β-unsaturated/α-hetero) is 1. The molecule has 1 fully saturated rings. The van der Waals surface area contributed by atoms with E-state index < -0.39 is 0 Å². The largest absolute Gasteiger partial charge is 0.475 e. The second kappa shape index (κ2) is 9.80. The number of likely N-dealkylation sites (N-methyl/N-ethyl adjacent to an activating group) is 1. The maximum Gasteiger partial charge on any atom is 0.313 e. The van der Waals surface area contributed by atoms with Crippen molar-refractivity contribution in [3.8, 4) is 5.88 Å². The van der Waals surface area contributed by atoms with Crippen LogP contribution in [0.1, 0.15) is 58.1 Å². The molecule has 0 N–H and O–H groups in total. The van der Waals surface area contributed by atoms with Gasteiger partial charge in [0.25, 0.3) is 5.88 Å². The first-order chi connectivity index (χ1) is 13.9. The molecular weight excluding hydrogens is 390 g/mol. The Kier molecular flexibility index (Phi) is 7.40. The zero-order valence-electron chi connectivity index (χ0n) is 17.7. The van der Waals surface area contributed by atoms with Gasteiger partial charge in [-0.2, -0.15) is 4.37 Å². The third-order valence-electron chi connectivity index (χ3n) is 5.74. The van der Waals surface area contributed by atoms with E-state index in [1.807, 2.05) is 0 Å². The van der Waals surface area contributed by atoms with E-state index >= 15 is 0 Å². The first kappa shape index (κ1) is 21.9. The predicted octanol–water partition coefficient (Wildman–Crippen LogP) is 3.46. The van der Waals surface area contributed by atoms with Crippen LogP contribution in [0.25, 0.3) is 5.57 Å². The summed E-state index contributed by atoms with van der Waals surface area (Å²) in [5, 5.41) is 0. The molecule has 1 aliphatic heterocycles. The van der Waals surface area contributed by atoms with Crippen molar-refractivity contribution in [1.29, 1.82) is 0 Å². The van der Waals surface area contributed by atoms with E-state index in [0.29, 0.717) is 36.7 Å². The Morgan fingerprint density at radius 1 is 1.24 bits per heavy atom. The van der Waals surface area contributed by atoms with Crippen molar-refractivity contribution in [2.45, 2.75) is 52.4 Å². The molecule has 1 unspecified atom stereocenters. The summed E-state index contributed by atoms with van der Waals surface area (Å²) in [5.74, 6) is 0.0726. The summed E-state index contributed by atoms with van der Waals surface area (Å²) in [6.45, 7) is 6.31. The summed E-state index contributed by atoms with van der Waals surface area (Å²) < 4.78 is 20.9. The molecule has 0 bridgehead atoms. The van der Waals surface area contributed by atoms with E-state index in [4.69, 9.17) is 9.47 Å². The summed E-state index contributed by atoms with van der Waals surface area (Å²) in [7, 11) is 2.08. The molecular formula is C21H32N3O4S+. The highest BCUT2D eigenvalue weighted by molar-refractivity contribution is 6.99. The van der Waals surface area contributed by atoms with Crippen molar-refractivity contribution in [3.63, 3.8) is 0 Å². The maximum absolute atomic E-state index is 12.2. The SMILES string of the molecule is CCCCCCOc1nsnc1C1=CCC[N+](C)(COC(=O)[C@@H]2C[C@H]2C(C)=O)C1. The summed E-state index contributed by atoms with van der Waals surface area (Å²) in [4.78, 5) is 23.6. The molecule has 29 heavy (non-hydrogen) atoms. The standard InChI is InChI=1S/C21H32N3O4S/c1-4-5-6-7-11-27-20-19(22-29-23-20)16-9-8-10-24(3,13-16)14-28-21(26)18-12-17(18)15(2)25/h9,17-18H,4-8,10-14H2,1-3H3/q+1/t17-,18+,24?/m0/s1. The number of ether oxygens (including phenoxy) is 2. The van der Waals surface area contributed by atoms with Crippen molar-refractivity contribution in [1.82, 2.24) is 8.75 Å². The van der Waals surface area contributed by atoms with Crippen molar-refractivity contribution in [2.75, 3.05) is 33.5 Å². The smallest absolute Gasteiger partial charge is 0.313 e. The minimum atomic E-state index is -0.243. The Morgan fingerprint density at radius 2 is 2.07 bits per heavy atom. The Bertz CT molecular complexity index is 763. The van der Waals surface area contributed by atoms with Gasteiger partial charge in [-0.1, -0.05) is 32.3 Å². The second-order valence-electron chi connectivity index (χ2n) is 8.50. The van der Waals surface area contributed by atoms with Gasteiger partial charge in [-0.05, 0) is 19.8 Å². The number of ketones is 1. The topological polar surface area (TPSA) is 78.4 Å². The molecule has 7 nitrogen and oxygen atoms in total. The maximum atomic E-state index is 12.2. The molecule has 0 spiro atoms. The average molecular weight is 423 g/mol. The second-order valence-corrected chi connectivity index (χ2v) is 9.03. The van der Waals surface area contributed by atoms with Gasteiger partial charge >= 0.3 is 5.97 Å². The van der Waals surface area contributed by atoms with Crippen LogP contribution in [-0.4, -0.2) is 58.5 Å². The number of hydrogen-bond donors (Lipinski definition) is 0. The van der Waals surface area contributed by atoms with E-state index in [-0.39, 0.29) is 23.6 Å². The lowest BCUT2D eigenvalue weighted by Gasteiger charge is -2.36. The number of esters is 1. The highest BCUT2D eigenvalue weighted by Crippen LogP contribution is 2.40. The van der Waals surface area contributed by atoms with Gasteiger partial charge in [-0.15, -0.1) is 4.37 Å². The Labute approximate surface area is 177 Å². The van der Waals surface area contributed by atoms with Crippen LogP contribution in [0.2, 0.25) is 0 Å². The molecule has 2 heterocycles. The number of unbranched alkanes of at least 4 members (excludes halogenated alkanes) is 3. The van der Waals surface area contributed by atoms with Crippen LogP contribution in [0.3, 0.4) is 0 Å². The third-order valence-corrected chi connectivity index (χ3v) is 6.26. The van der Waals surface area contributed by atoms with E-state index in [1.54, 1.807) is 6.92 Å². The lowest BCUT2D eigenvalue weighted by Crippen LogP contribution is -2.49. The lowest BCUT2D eigenvalue weighted by molar-refractivity contribution is -0.919. The van der Waals surface area contributed by atoms with Crippen molar-refractivity contribution >= 4 is 29.1 Å². The van der Waals surface area contributed by atoms with Crippen molar-refractivity contribution in [3.05, 3.63) is 11.8 Å². The van der Waals surface area contributed by atoms with Gasteiger partial charge in [0.1, 0.15) is 18.0 Å². The Balaban J connectivity index is 1.52. The molecule has 3 rings (SSSR count). The zero-order valence-corrected chi connectivity index (χ0v) is 18.5. The minimum absolute atomic E-state index is 0.0776. The molecule has 2 aliphatic rings. The normalized spacial score (nSPS) is 26.0. The van der Waals surface area contributed by atoms with E-state index in [2.05, 4.69) is 28.8 Å². The van der Waals surface area contributed by atoms with Gasteiger partial charge < -0.3 is 9.47 Å². The van der Waals surface area contributed by atoms with Crippen LogP contribution >= 0.6 is 11.7 Å². The number of nitrogens with zero attached hydrogens (tertiary/aromatic N) is 3. The molecule has 8 heteroatoms. The molecule has 1 aromatic heterocycles. The number of aromatic nitrogens is 2. The summed E-state index contributed by atoms with van der Waals surface area (Å²) in [5.41, 5.74) is 1.92. The quantitative estimate of drug-likeness (QED) is 0.309. The van der Waals surface area contributed by atoms with Crippen LogP contribution in [0.4, 0.5) is 0 Å². The number of carbonyl (C=O) groups is 2. The molecule has 0 aromatic carbocycles. The number of carbonyl (C=O) groups excluding carboxylic acids is 2. The molecule has 0 radical (unpaired) electrons. The predicted molar refractivity (Wildman–Crippen MR) is 111 cm³/mol. The highest BCUT2D eigenvalue weighted by Gasteiger charge is 2.48. The highest BCUT2D eigenvalue weighted by atomic mass is 32.1. The number of hydrogen-bond acceptors (Lipinski definition) is 7. The summed E-state index contributed by atoms with van der Waals surface area (Å²) >= 11 is 1.17. The van der Waals surface area contributed by atoms with Gasteiger partial charge in [0.2, 0.25) is 6.73 Å². The Morgan fingerprint density at radius 3 is 2.79 bits per heavy atom. The molecule has 160 valence electrons. The molecule has 1 aliphatic carbocycles. The summed E-state index contributed by atoms with van der Waals surface area (Å²) in [6, 6.07) is 0. The third kappa shape index (κ3) is 5.85. The molecule has 1 aromatic rings. The molecule has 1 saturated carbocycles. The molecule has 3 atom stereocenters. The lowest BCUT2D eigenvalue weighted by atomic mass is 10.1. The van der Waals surface area contributed by atoms with Gasteiger partial charge in [-0.25, -0.2) is 0 Å². The van der Waals surface area contributed by atoms with Crippen LogP contribution in [0.5, 0.6) is 5.88 Å². The van der Waals surface area contributed by atoms with Gasteiger partial charge in [-0.3, -0.25) is 14.1 Å². The van der Waals surface area contributed by atoms with E-state index in [1.165, 1.54) is 24.6 Å². The minimum Gasteiger partial charge on any atom is -0.475 e. The first-order valence-corrected chi connectivity index (χ1v) is 11.3. The fourth-order valence-corrected chi connectivity index (χ4v) is 4.32. The van der Waals surface area contributed by atoms with Crippen LogP contribution in [0.15, 0.2) is 6.08 Å². The van der Waals surface area contributed by atoms with Crippen LogP contribution in [0, 0.1) is 11.8 Å². The van der Waals surface area contributed by atoms with Gasteiger partial charge in [0, 0.05) is 17.9 Å². The van der Waals surface area contributed by atoms with Crippen LogP contribution in [-0.2, 0) is 14.3 Å². The van der Waals surface area contributed by atoms with Crippen molar-refractivity contribution in [2.24, 2.45) is 11.8 Å². The fraction of sp³-hybridized carbons (Fsp3) is 0.714. The number of quaternary nitrogens is 1. The summed E-state index contributed by atoms with van der Waals surface area (Å²) in [6.07, 6.45) is 8.32. The van der Waals surface area contributed by atoms with Gasteiger partial charge in [0.05, 0.1) is 37.8 Å². The molecule has 0 amide bonds.